The molecule has 7 nitrogen and oxygen atoms in total. The van der Waals surface area contributed by atoms with Gasteiger partial charge in [-0.3, -0.25) is 0 Å². The summed E-state index contributed by atoms with van der Waals surface area (Å²) in [5.41, 5.74) is 10.2. The van der Waals surface area contributed by atoms with Gasteiger partial charge >= 0.3 is 6.18 Å². The third-order valence-corrected chi connectivity index (χ3v) is 13.1. The van der Waals surface area contributed by atoms with E-state index in [9.17, 15) is 15.8 Å². The van der Waals surface area contributed by atoms with Gasteiger partial charge in [0, 0.05) is 43.9 Å². The van der Waals surface area contributed by atoms with Gasteiger partial charge in [0.2, 0.25) is 0 Å². The summed E-state index contributed by atoms with van der Waals surface area (Å²) in [6.07, 6.45) is -4.70. The molecular formula is C61H32F3N7. The lowest BCUT2D eigenvalue weighted by Crippen LogP contribution is -2.09. The van der Waals surface area contributed by atoms with E-state index in [-0.39, 0.29) is 5.56 Å². The zero-order chi connectivity index (χ0) is 49.1. The third-order valence-electron chi connectivity index (χ3n) is 13.1. The smallest absolute Gasteiger partial charge is 0.309 e. The lowest BCUT2D eigenvalue weighted by molar-refractivity contribution is -0.137. The molecule has 0 fully saturated rings. The molecule has 0 aliphatic carbocycles. The fourth-order valence-corrected chi connectivity index (χ4v) is 10.0. The van der Waals surface area contributed by atoms with Crippen LogP contribution < -0.4 is 0 Å². The Balaban J connectivity index is 1.20. The van der Waals surface area contributed by atoms with Crippen LogP contribution in [0.2, 0.25) is 0 Å². The van der Waals surface area contributed by atoms with Crippen molar-refractivity contribution in [1.29, 1.82) is 15.8 Å². The predicted molar refractivity (Wildman–Crippen MR) is 273 cm³/mol. The molecule has 0 aliphatic rings. The van der Waals surface area contributed by atoms with Gasteiger partial charge in [0.1, 0.15) is 0 Å². The van der Waals surface area contributed by atoms with Crippen molar-refractivity contribution in [2.24, 2.45) is 0 Å². The van der Waals surface area contributed by atoms with E-state index in [0.29, 0.717) is 72.8 Å². The molecule has 0 saturated heterocycles. The van der Waals surface area contributed by atoms with Crippen molar-refractivity contribution >= 4 is 55.0 Å². The second-order valence-electron chi connectivity index (χ2n) is 17.2. The van der Waals surface area contributed by atoms with E-state index in [1.54, 1.807) is 67.6 Å². The van der Waals surface area contributed by atoms with Gasteiger partial charge in [-0.25, -0.2) is 9.69 Å². The van der Waals surface area contributed by atoms with Crippen molar-refractivity contribution in [3.05, 3.63) is 227 Å². The quantitative estimate of drug-likeness (QED) is 0.156. The Morgan fingerprint density at radius 2 is 1.00 bits per heavy atom. The van der Waals surface area contributed by atoms with Crippen LogP contribution in [0.15, 0.2) is 176 Å². The van der Waals surface area contributed by atoms with Gasteiger partial charge in [0.05, 0.1) is 70.2 Å². The number of fused-ring (bicyclic) bond motifs is 6. The van der Waals surface area contributed by atoms with E-state index in [1.807, 2.05) is 103 Å². The third kappa shape index (κ3) is 7.27. The van der Waals surface area contributed by atoms with E-state index >= 15 is 13.2 Å². The van der Waals surface area contributed by atoms with E-state index < -0.39 is 11.7 Å². The minimum Gasteiger partial charge on any atom is -0.309 e. The van der Waals surface area contributed by atoms with E-state index in [4.69, 9.17) is 13.1 Å². The van der Waals surface area contributed by atoms with Crippen LogP contribution in [-0.4, -0.2) is 9.13 Å². The molecule has 0 atom stereocenters. The highest BCUT2D eigenvalue weighted by atomic mass is 19.4. The molecule has 11 aromatic rings. The molecule has 71 heavy (non-hydrogen) atoms. The van der Waals surface area contributed by atoms with Crippen LogP contribution in [0.4, 0.5) is 24.5 Å². The van der Waals surface area contributed by atoms with Crippen molar-refractivity contribution in [2.75, 3.05) is 0 Å². The van der Waals surface area contributed by atoms with Gasteiger partial charge < -0.3 is 9.13 Å². The topological polar surface area (TPSA) is 90.0 Å². The molecule has 0 saturated carbocycles. The highest BCUT2D eigenvalue weighted by molar-refractivity contribution is 6.12. The Bertz CT molecular complexity index is 4240. The number of hydrogen-bond acceptors (Lipinski definition) is 3. The molecule has 0 radical (unpaired) electrons. The van der Waals surface area contributed by atoms with Crippen LogP contribution >= 0.6 is 0 Å². The highest BCUT2D eigenvalue weighted by Crippen LogP contribution is 2.47. The van der Waals surface area contributed by atoms with Gasteiger partial charge in [0.15, 0.2) is 11.4 Å². The lowest BCUT2D eigenvalue weighted by atomic mass is 9.87. The summed E-state index contributed by atoms with van der Waals surface area (Å²) < 4.78 is 49.9. The number of para-hydroxylation sites is 2. The summed E-state index contributed by atoms with van der Waals surface area (Å²) in [6.45, 7) is 17.0. The van der Waals surface area contributed by atoms with Crippen LogP contribution in [0.5, 0.6) is 0 Å². The zero-order valence-electron chi connectivity index (χ0n) is 37.5. The van der Waals surface area contributed by atoms with Crippen LogP contribution in [0.3, 0.4) is 0 Å². The van der Waals surface area contributed by atoms with Crippen molar-refractivity contribution in [3.8, 4) is 74.1 Å². The van der Waals surface area contributed by atoms with Crippen molar-refractivity contribution in [3.63, 3.8) is 0 Å². The first-order valence-corrected chi connectivity index (χ1v) is 22.3. The minimum absolute atomic E-state index is 0.0188. The number of rotatable bonds is 6. The fourth-order valence-electron chi connectivity index (χ4n) is 10.0. The molecule has 0 spiro atoms. The maximum atomic E-state index is 15.2. The number of alkyl halides is 3. The van der Waals surface area contributed by atoms with E-state index in [2.05, 4.69) is 37.0 Å². The average molecular weight is 920 g/mol. The standard InChI is InChI=1S/C61H32F3N7/c1-36-9-8-12-54(61(62,63)64)60(36)49-19-18-46(70-55-13-6-4-10-47(55)52-30-40(16-21-57(52)70)42-23-38(34-66)25-44(28-42)68-2)32-50(49)51-27-37(33-65)15-20-58(51)71-56-14-7-5-11-48(56)53-31-41(17-22-59(53)71)43-24-39(35-67)26-45(29-43)69-3/h4-32H,1H3. The molecule has 0 N–H and O–H groups in total. The molecule has 332 valence electrons. The van der Waals surface area contributed by atoms with Gasteiger partial charge in [-0.05, 0) is 161 Å². The molecule has 0 unspecified atom stereocenters. The normalized spacial score (nSPS) is 11.3. The maximum Gasteiger partial charge on any atom is 0.417 e. The fraction of sp³-hybridized carbons (Fsp3) is 0.0328. The Morgan fingerprint density at radius 3 is 1.56 bits per heavy atom. The number of benzene rings is 9. The molecule has 0 amide bonds. The minimum atomic E-state index is -4.70. The summed E-state index contributed by atoms with van der Waals surface area (Å²) >= 11 is 0. The molecule has 11 rings (SSSR count). The molecule has 0 aliphatic heterocycles. The van der Waals surface area contributed by atoms with Crippen molar-refractivity contribution < 1.29 is 13.2 Å². The second-order valence-corrected chi connectivity index (χ2v) is 17.2. The van der Waals surface area contributed by atoms with Gasteiger partial charge in [-0.15, -0.1) is 0 Å². The summed E-state index contributed by atoms with van der Waals surface area (Å²) in [7, 11) is 0. The maximum absolute atomic E-state index is 15.2. The van der Waals surface area contributed by atoms with Gasteiger partial charge in [-0.1, -0.05) is 66.7 Å². The first-order chi connectivity index (χ1) is 34.5. The van der Waals surface area contributed by atoms with Crippen molar-refractivity contribution in [2.45, 2.75) is 13.1 Å². The second kappa shape index (κ2) is 16.9. The molecule has 10 heteroatoms. The summed E-state index contributed by atoms with van der Waals surface area (Å²) in [5, 5.41) is 33.6. The van der Waals surface area contributed by atoms with Crippen LogP contribution in [0.25, 0.3) is 109 Å². The number of nitriles is 3. The first kappa shape index (κ1) is 43.4. The Hall–Kier alpha value is -10.2. The van der Waals surface area contributed by atoms with E-state index in [0.717, 1.165) is 60.8 Å². The highest BCUT2D eigenvalue weighted by Gasteiger charge is 2.35. The largest absolute Gasteiger partial charge is 0.417 e. The van der Waals surface area contributed by atoms with E-state index in [1.165, 1.54) is 6.07 Å². The average Bonchev–Trinajstić information content (AvgIpc) is 3.92. The summed E-state index contributed by atoms with van der Waals surface area (Å²) in [6, 6.07) is 59.3. The molecule has 2 aromatic heterocycles. The number of aromatic nitrogens is 2. The number of nitrogens with zero attached hydrogens (tertiary/aromatic N) is 7. The molecule has 0 bridgehead atoms. The van der Waals surface area contributed by atoms with Gasteiger partial charge in [0.25, 0.3) is 0 Å². The Kier molecular flexibility index (Phi) is 10.3. The first-order valence-electron chi connectivity index (χ1n) is 22.3. The van der Waals surface area contributed by atoms with Crippen LogP contribution in [-0.2, 0) is 6.18 Å². The SMILES string of the molecule is [C-]#[N+]c1cc(C#N)cc(-c2ccc3c(c2)c2ccccc2n3-c2ccc(-c3c(C)cccc3C(F)(F)F)c(-c3cc(C#N)ccc3-n3c4ccccc4c4cc(-c5cc(C#N)cc([N+]#[C-])c5)ccc43)c2)c1. The lowest BCUT2D eigenvalue weighted by Gasteiger charge is -2.22. The summed E-state index contributed by atoms with van der Waals surface area (Å²) in [5.74, 6) is 0. The van der Waals surface area contributed by atoms with Crippen molar-refractivity contribution in [1.82, 2.24) is 9.13 Å². The monoisotopic (exact) mass is 919 g/mol. The van der Waals surface area contributed by atoms with Crippen LogP contribution in [0.1, 0.15) is 27.8 Å². The van der Waals surface area contributed by atoms with Gasteiger partial charge in [-0.2, -0.15) is 29.0 Å². The molecular weight excluding hydrogens is 888 g/mol. The summed E-state index contributed by atoms with van der Waals surface area (Å²) in [4.78, 5) is 7.19. The van der Waals surface area contributed by atoms with Crippen LogP contribution in [0, 0.1) is 54.1 Å². The number of hydrogen-bond donors (Lipinski definition) is 0. The zero-order valence-corrected chi connectivity index (χ0v) is 37.5. The number of aryl methyl sites for hydroxylation is 1. The predicted octanol–water partition coefficient (Wildman–Crippen LogP) is 16.6. The Morgan fingerprint density at radius 1 is 0.451 bits per heavy atom. The number of halogens is 3. The molecule has 2 heterocycles. The Labute approximate surface area is 405 Å². The molecule has 9 aromatic carbocycles.